The fourth-order valence-electron chi connectivity index (χ4n) is 1.69. The van der Waals surface area contributed by atoms with Gasteiger partial charge in [0.25, 0.3) is 0 Å². The third-order valence-electron chi connectivity index (χ3n) is 2.80. The maximum absolute atomic E-state index is 9.31. The predicted molar refractivity (Wildman–Crippen MR) is 68.9 cm³/mol. The van der Waals surface area contributed by atoms with Gasteiger partial charge in [0, 0.05) is 25.3 Å². The second kappa shape index (κ2) is 5.87. The van der Waals surface area contributed by atoms with Crippen LogP contribution in [0.4, 0.5) is 5.69 Å². The molecule has 2 unspecified atom stereocenters. The summed E-state index contributed by atoms with van der Waals surface area (Å²) in [5, 5.41) is 12.5. The van der Waals surface area contributed by atoms with Crippen LogP contribution < -0.4 is 10.2 Å². The summed E-state index contributed by atoms with van der Waals surface area (Å²) < 4.78 is 0. The average molecular weight is 222 g/mol. The summed E-state index contributed by atoms with van der Waals surface area (Å²) in [6.45, 7) is 4.59. The van der Waals surface area contributed by atoms with Crippen LogP contribution >= 0.6 is 0 Å². The van der Waals surface area contributed by atoms with Crippen molar-refractivity contribution in [2.75, 3.05) is 25.5 Å². The van der Waals surface area contributed by atoms with Crippen molar-refractivity contribution in [3.8, 4) is 0 Å². The summed E-state index contributed by atoms with van der Waals surface area (Å²) in [5.74, 6) is 0. The lowest BCUT2D eigenvalue weighted by atomic mass is 10.1. The molecule has 3 nitrogen and oxygen atoms in total. The molecule has 0 aliphatic heterocycles. The summed E-state index contributed by atoms with van der Waals surface area (Å²) in [5.41, 5.74) is 2.41. The fourth-order valence-corrected chi connectivity index (χ4v) is 1.69. The molecular formula is C13H22N2O. The molecule has 0 heterocycles. The molecule has 90 valence electrons. The third-order valence-corrected chi connectivity index (χ3v) is 2.80. The third kappa shape index (κ3) is 3.51. The first-order valence-corrected chi connectivity index (χ1v) is 5.71. The van der Waals surface area contributed by atoms with Crippen LogP contribution in [0, 0.1) is 0 Å². The molecule has 2 N–H and O–H groups in total. The normalized spacial score (nSPS) is 14.6. The Hall–Kier alpha value is -1.06. The van der Waals surface area contributed by atoms with Crippen molar-refractivity contribution < 1.29 is 5.11 Å². The Labute approximate surface area is 98.1 Å². The minimum Gasteiger partial charge on any atom is -0.392 e. The van der Waals surface area contributed by atoms with E-state index in [2.05, 4.69) is 41.4 Å². The van der Waals surface area contributed by atoms with Gasteiger partial charge >= 0.3 is 0 Å². The van der Waals surface area contributed by atoms with Crippen molar-refractivity contribution in [1.82, 2.24) is 5.32 Å². The highest BCUT2D eigenvalue weighted by Gasteiger charge is 2.06. The Kier molecular flexibility index (Phi) is 4.77. The largest absolute Gasteiger partial charge is 0.392 e. The highest BCUT2D eigenvalue weighted by atomic mass is 16.3. The molecule has 0 aromatic heterocycles. The van der Waals surface area contributed by atoms with Crippen LogP contribution in [0.15, 0.2) is 24.3 Å². The number of benzene rings is 1. The van der Waals surface area contributed by atoms with Gasteiger partial charge in [0.05, 0.1) is 6.10 Å². The van der Waals surface area contributed by atoms with E-state index in [9.17, 15) is 5.11 Å². The second-order valence-corrected chi connectivity index (χ2v) is 4.33. The van der Waals surface area contributed by atoms with Crippen molar-refractivity contribution in [2.24, 2.45) is 0 Å². The van der Waals surface area contributed by atoms with E-state index in [0.717, 1.165) is 5.69 Å². The van der Waals surface area contributed by atoms with Crippen LogP contribution in [0.25, 0.3) is 0 Å². The van der Waals surface area contributed by atoms with Crippen molar-refractivity contribution in [3.05, 3.63) is 29.8 Å². The Morgan fingerprint density at radius 2 is 1.81 bits per heavy atom. The number of rotatable bonds is 5. The first-order valence-electron chi connectivity index (χ1n) is 5.71. The van der Waals surface area contributed by atoms with Gasteiger partial charge in [0.15, 0.2) is 0 Å². The molecule has 3 heteroatoms. The van der Waals surface area contributed by atoms with Gasteiger partial charge in [-0.2, -0.15) is 0 Å². The Bertz CT molecular complexity index is 308. The van der Waals surface area contributed by atoms with Gasteiger partial charge in [0.2, 0.25) is 0 Å². The molecule has 2 atom stereocenters. The molecule has 0 fully saturated rings. The molecule has 1 rings (SSSR count). The van der Waals surface area contributed by atoms with Crippen LogP contribution in [0.3, 0.4) is 0 Å². The van der Waals surface area contributed by atoms with E-state index in [-0.39, 0.29) is 6.10 Å². The lowest BCUT2D eigenvalue weighted by Gasteiger charge is -2.21. The van der Waals surface area contributed by atoms with Crippen molar-refractivity contribution in [1.29, 1.82) is 0 Å². The van der Waals surface area contributed by atoms with Gasteiger partial charge < -0.3 is 15.3 Å². The van der Waals surface area contributed by atoms with Gasteiger partial charge in [-0.1, -0.05) is 12.1 Å². The number of nitrogens with zero attached hydrogens (tertiary/aromatic N) is 1. The van der Waals surface area contributed by atoms with Gasteiger partial charge in [0.1, 0.15) is 0 Å². The lowest BCUT2D eigenvalue weighted by molar-refractivity contribution is 0.201. The monoisotopic (exact) mass is 222 g/mol. The number of anilines is 1. The van der Waals surface area contributed by atoms with E-state index in [4.69, 9.17) is 0 Å². The first kappa shape index (κ1) is 13.0. The SMILES string of the molecule is CNC(C)c1ccc(N(C)CC(C)O)cc1. The van der Waals surface area contributed by atoms with Crippen molar-refractivity contribution in [3.63, 3.8) is 0 Å². The summed E-state index contributed by atoms with van der Waals surface area (Å²) in [7, 11) is 3.95. The minimum absolute atomic E-state index is 0.305. The highest BCUT2D eigenvalue weighted by Crippen LogP contribution is 2.18. The maximum Gasteiger partial charge on any atom is 0.0686 e. The summed E-state index contributed by atoms with van der Waals surface area (Å²) in [4.78, 5) is 2.05. The average Bonchev–Trinajstić information content (AvgIpc) is 2.27. The van der Waals surface area contributed by atoms with Gasteiger partial charge in [-0.05, 0) is 38.6 Å². The van der Waals surface area contributed by atoms with E-state index < -0.39 is 0 Å². The molecular weight excluding hydrogens is 200 g/mol. The molecule has 0 bridgehead atoms. The molecule has 0 aliphatic carbocycles. The molecule has 0 radical (unpaired) electrons. The van der Waals surface area contributed by atoms with Crippen LogP contribution in [0.1, 0.15) is 25.5 Å². The van der Waals surface area contributed by atoms with Crippen molar-refractivity contribution in [2.45, 2.75) is 26.0 Å². The predicted octanol–water partition coefficient (Wildman–Crippen LogP) is 1.78. The quantitative estimate of drug-likeness (QED) is 0.797. The highest BCUT2D eigenvalue weighted by molar-refractivity contribution is 5.47. The van der Waals surface area contributed by atoms with Gasteiger partial charge in [-0.25, -0.2) is 0 Å². The number of aliphatic hydroxyl groups excluding tert-OH is 1. The summed E-state index contributed by atoms with van der Waals surface area (Å²) >= 11 is 0. The molecule has 0 amide bonds. The maximum atomic E-state index is 9.31. The number of hydrogen-bond donors (Lipinski definition) is 2. The van der Waals surface area contributed by atoms with Crippen LogP contribution in [-0.4, -0.2) is 31.9 Å². The summed E-state index contributed by atoms with van der Waals surface area (Å²) in [6, 6.07) is 8.79. The Morgan fingerprint density at radius 3 is 2.25 bits per heavy atom. The van der Waals surface area contributed by atoms with Crippen LogP contribution in [0.5, 0.6) is 0 Å². The molecule has 0 aliphatic rings. The van der Waals surface area contributed by atoms with Crippen LogP contribution in [-0.2, 0) is 0 Å². The Balaban J connectivity index is 2.70. The topological polar surface area (TPSA) is 35.5 Å². The smallest absolute Gasteiger partial charge is 0.0686 e. The zero-order valence-corrected chi connectivity index (χ0v) is 10.6. The van der Waals surface area contributed by atoms with E-state index in [0.29, 0.717) is 12.6 Å². The van der Waals surface area contributed by atoms with E-state index in [1.165, 1.54) is 5.56 Å². The molecule has 1 aromatic carbocycles. The molecule has 0 saturated carbocycles. The zero-order chi connectivity index (χ0) is 12.1. The standard InChI is InChI=1S/C13H22N2O/c1-10(16)9-15(4)13-7-5-12(6-8-13)11(2)14-3/h5-8,10-11,14,16H,9H2,1-4H3. The van der Waals surface area contributed by atoms with E-state index in [1.54, 1.807) is 6.92 Å². The molecule has 0 saturated heterocycles. The first-order chi connectivity index (χ1) is 7.54. The Morgan fingerprint density at radius 1 is 1.25 bits per heavy atom. The lowest BCUT2D eigenvalue weighted by Crippen LogP contribution is -2.26. The fraction of sp³-hybridized carbons (Fsp3) is 0.538. The van der Waals surface area contributed by atoms with E-state index in [1.807, 2.05) is 14.1 Å². The molecule has 0 spiro atoms. The van der Waals surface area contributed by atoms with E-state index >= 15 is 0 Å². The number of aliphatic hydroxyl groups is 1. The van der Waals surface area contributed by atoms with Crippen LogP contribution in [0.2, 0.25) is 0 Å². The molecule has 1 aromatic rings. The zero-order valence-electron chi connectivity index (χ0n) is 10.6. The number of nitrogens with one attached hydrogen (secondary N) is 1. The number of hydrogen-bond acceptors (Lipinski definition) is 3. The summed E-state index contributed by atoms with van der Waals surface area (Å²) in [6.07, 6.45) is -0.305. The molecule has 16 heavy (non-hydrogen) atoms. The van der Waals surface area contributed by atoms with Crippen molar-refractivity contribution >= 4 is 5.69 Å². The van der Waals surface area contributed by atoms with Gasteiger partial charge in [-0.15, -0.1) is 0 Å². The van der Waals surface area contributed by atoms with Gasteiger partial charge in [-0.3, -0.25) is 0 Å². The minimum atomic E-state index is -0.305. The second-order valence-electron chi connectivity index (χ2n) is 4.33. The number of likely N-dealkylation sites (N-methyl/N-ethyl adjacent to an activating group) is 1.